The molecule has 15 heavy (non-hydrogen) atoms. The molecule has 4 nitrogen and oxygen atoms in total. The van der Waals surface area contributed by atoms with Crippen LogP contribution in [-0.4, -0.2) is 14.5 Å². The number of hydrogen-bond acceptors (Lipinski definition) is 3. The molecule has 0 atom stereocenters. The highest BCUT2D eigenvalue weighted by molar-refractivity contribution is 6.30. The fraction of sp³-hybridized carbons (Fsp3) is 0.100. The molecule has 2 rings (SSSR count). The van der Waals surface area contributed by atoms with E-state index in [4.69, 9.17) is 11.6 Å². The number of hydrogen-bond donors (Lipinski definition) is 0. The summed E-state index contributed by atoms with van der Waals surface area (Å²) in [5.41, 5.74) is 1.24. The first-order chi connectivity index (χ1) is 7.18. The molecule has 2 heterocycles. The number of pyridine rings is 1. The van der Waals surface area contributed by atoms with Crippen LogP contribution in [0.2, 0.25) is 5.02 Å². The molecule has 0 unspecified atom stereocenters. The van der Waals surface area contributed by atoms with Crippen molar-refractivity contribution >= 4 is 11.6 Å². The molecule has 0 radical (unpaired) electrons. The standard InChI is InChI=1S/C10H8ClN3O/c1-14-6-7(4-8(11)10(14)15)9-5-12-2-3-13-9/h2-6H,1H3. The fourth-order valence-corrected chi connectivity index (χ4v) is 1.51. The average molecular weight is 222 g/mol. The van der Waals surface area contributed by atoms with Gasteiger partial charge in [0.2, 0.25) is 0 Å². The topological polar surface area (TPSA) is 47.8 Å². The van der Waals surface area contributed by atoms with E-state index in [0.717, 1.165) is 5.56 Å². The maximum absolute atomic E-state index is 11.3. The molecule has 5 heteroatoms. The zero-order valence-corrected chi connectivity index (χ0v) is 8.77. The van der Waals surface area contributed by atoms with Crippen molar-refractivity contribution in [1.29, 1.82) is 0 Å². The van der Waals surface area contributed by atoms with Crippen LogP contribution in [-0.2, 0) is 7.05 Å². The smallest absolute Gasteiger partial charge is 0.269 e. The van der Waals surface area contributed by atoms with Gasteiger partial charge in [-0.25, -0.2) is 0 Å². The predicted octanol–water partition coefficient (Wildman–Crippen LogP) is 1.50. The summed E-state index contributed by atoms with van der Waals surface area (Å²) in [6.07, 6.45) is 6.48. The van der Waals surface area contributed by atoms with Crippen molar-refractivity contribution in [3.8, 4) is 11.3 Å². The van der Waals surface area contributed by atoms with Crippen LogP contribution in [0.1, 0.15) is 0 Å². The third kappa shape index (κ3) is 1.89. The van der Waals surface area contributed by atoms with Crippen LogP contribution in [0.3, 0.4) is 0 Å². The Labute approximate surface area is 91.2 Å². The summed E-state index contributed by atoms with van der Waals surface area (Å²) < 4.78 is 1.42. The van der Waals surface area contributed by atoms with E-state index in [2.05, 4.69) is 9.97 Å². The number of aryl methyl sites for hydroxylation is 1. The van der Waals surface area contributed by atoms with Gasteiger partial charge in [0.25, 0.3) is 5.56 Å². The highest BCUT2D eigenvalue weighted by atomic mass is 35.5. The van der Waals surface area contributed by atoms with Crippen molar-refractivity contribution in [2.45, 2.75) is 0 Å². The van der Waals surface area contributed by atoms with Crippen LogP contribution in [0.15, 0.2) is 35.6 Å². The van der Waals surface area contributed by atoms with Gasteiger partial charge < -0.3 is 4.57 Å². The molecule has 0 aromatic carbocycles. The molecule has 0 aliphatic rings. The summed E-state index contributed by atoms with van der Waals surface area (Å²) in [6, 6.07) is 1.59. The number of rotatable bonds is 1. The van der Waals surface area contributed by atoms with Crippen LogP contribution in [0, 0.1) is 0 Å². The summed E-state index contributed by atoms with van der Waals surface area (Å²) in [4.78, 5) is 19.4. The van der Waals surface area contributed by atoms with E-state index < -0.39 is 0 Å². The summed E-state index contributed by atoms with van der Waals surface area (Å²) in [5, 5.41) is 0.181. The summed E-state index contributed by atoms with van der Waals surface area (Å²) in [5.74, 6) is 0. The van der Waals surface area contributed by atoms with E-state index in [1.54, 1.807) is 37.9 Å². The normalized spacial score (nSPS) is 10.3. The first-order valence-electron chi connectivity index (χ1n) is 4.31. The summed E-state index contributed by atoms with van der Waals surface area (Å²) in [6.45, 7) is 0. The lowest BCUT2D eigenvalue weighted by atomic mass is 10.2. The monoisotopic (exact) mass is 221 g/mol. The van der Waals surface area contributed by atoms with Crippen molar-refractivity contribution < 1.29 is 0 Å². The van der Waals surface area contributed by atoms with Crippen LogP contribution in [0.4, 0.5) is 0 Å². The van der Waals surface area contributed by atoms with Crippen molar-refractivity contribution in [1.82, 2.24) is 14.5 Å². The maximum atomic E-state index is 11.3. The molecule has 76 valence electrons. The number of aromatic nitrogens is 3. The second-order valence-corrected chi connectivity index (χ2v) is 3.49. The Bertz CT molecular complexity index is 510. The van der Waals surface area contributed by atoms with Gasteiger partial charge in [-0.05, 0) is 6.07 Å². The SMILES string of the molecule is Cn1cc(-c2cnccn2)cc(Cl)c1=O. The Morgan fingerprint density at radius 2 is 2.20 bits per heavy atom. The molecule has 2 aromatic heterocycles. The first-order valence-corrected chi connectivity index (χ1v) is 4.69. The summed E-state index contributed by atoms with van der Waals surface area (Å²) >= 11 is 5.79. The van der Waals surface area contributed by atoms with Gasteiger partial charge in [-0.15, -0.1) is 0 Å². The van der Waals surface area contributed by atoms with Crippen LogP contribution in [0.25, 0.3) is 11.3 Å². The molecule has 0 saturated heterocycles. The molecule has 0 bridgehead atoms. The molecule has 2 aromatic rings. The predicted molar refractivity (Wildman–Crippen MR) is 57.7 cm³/mol. The van der Waals surface area contributed by atoms with Crippen molar-refractivity contribution in [3.05, 3.63) is 46.2 Å². The molecule has 0 aliphatic heterocycles. The van der Waals surface area contributed by atoms with Crippen LogP contribution < -0.4 is 5.56 Å². The van der Waals surface area contributed by atoms with E-state index >= 15 is 0 Å². The molecule has 0 aliphatic carbocycles. The van der Waals surface area contributed by atoms with Gasteiger partial charge >= 0.3 is 0 Å². The minimum atomic E-state index is -0.218. The maximum Gasteiger partial charge on any atom is 0.269 e. The molecule has 0 spiro atoms. The van der Waals surface area contributed by atoms with Gasteiger partial charge in [0, 0.05) is 31.2 Å². The van der Waals surface area contributed by atoms with Gasteiger partial charge in [0.05, 0.1) is 11.9 Å². The second-order valence-electron chi connectivity index (χ2n) is 3.08. The average Bonchev–Trinajstić information content (AvgIpc) is 2.26. The van der Waals surface area contributed by atoms with E-state index in [9.17, 15) is 4.79 Å². The van der Waals surface area contributed by atoms with Crippen molar-refractivity contribution in [2.75, 3.05) is 0 Å². The zero-order valence-electron chi connectivity index (χ0n) is 8.01. The van der Waals surface area contributed by atoms with Gasteiger partial charge in [-0.3, -0.25) is 14.8 Å². The quantitative estimate of drug-likeness (QED) is 0.733. The third-order valence-electron chi connectivity index (χ3n) is 2.00. The Morgan fingerprint density at radius 1 is 1.40 bits per heavy atom. The van der Waals surface area contributed by atoms with Crippen molar-refractivity contribution in [2.24, 2.45) is 7.05 Å². The third-order valence-corrected chi connectivity index (χ3v) is 2.27. The first kappa shape index (κ1) is 9.86. The Morgan fingerprint density at radius 3 is 2.80 bits per heavy atom. The van der Waals surface area contributed by atoms with Crippen molar-refractivity contribution in [3.63, 3.8) is 0 Å². The van der Waals surface area contributed by atoms with Gasteiger partial charge in [-0.2, -0.15) is 0 Å². The minimum Gasteiger partial charge on any atom is -0.317 e. The molecule has 0 saturated carbocycles. The lowest BCUT2D eigenvalue weighted by Gasteiger charge is -2.03. The van der Waals surface area contributed by atoms with Gasteiger partial charge in [0.1, 0.15) is 5.02 Å². The van der Waals surface area contributed by atoms with Crippen LogP contribution in [0.5, 0.6) is 0 Å². The van der Waals surface area contributed by atoms with E-state index in [1.807, 2.05) is 0 Å². The lowest BCUT2D eigenvalue weighted by molar-refractivity contribution is 0.861. The second kappa shape index (κ2) is 3.82. The van der Waals surface area contributed by atoms with E-state index in [1.165, 1.54) is 4.57 Å². The van der Waals surface area contributed by atoms with E-state index in [0.29, 0.717) is 5.69 Å². The molecular formula is C10H8ClN3O. The molecular weight excluding hydrogens is 214 g/mol. The van der Waals surface area contributed by atoms with E-state index in [-0.39, 0.29) is 10.6 Å². The molecule has 0 fully saturated rings. The minimum absolute atomic E-state index is 0.181. The Hall–Kier alpha value is -1.68. The highest BCUT2D eigenvalue weighted by Gasteiger charge is 2.04. The Kier molecular flexibility index (Phi) is 2.51. The van der Waals surface area contributed by atoms with Gasteiger partial charge in [0.15, 0.2) is 0 Å². The fourth-order valence-electron chi connectivity index (χ4n) is 1.26. The largest absolute Gasteiger partial charge is 0.317 e. The highest BCUT2D eigenvalue weighted by Crippen LogP contribution is 2.16. The Balaban J connectivity index is 2.61. The lowest BCUT2D eigenvalue weighted by Crippen LogP contribution is -2.16. The van der Waals surface area contributed by atoms with Gasteiger partial charge in [-0.1, -0.05) is 11.6 Å². The number of nitrogens with zero attached hydrogens (tertiary/aromatic N) is 3. The molecule has 0 N–H and O–H groups in total. The van der Waals surface area contributed by atoms with Crippen LogP contribution >= 0.6 is 11.6 Å². The summed E-state index contributed by atoms with van der Waals surface area (Å²) in [7, 11) is 1.65. The zero-order chi connectivity index (χ0) is 10.8. The number of halogens is 1. The molecule has 0 amide bonds.